The van der Waals surface area contributed by atoms with Gasteiger partial charge in [0.1, 0.15) is 0 Å². The Morgan fingerprint density at radius 2 is 2.20 bits per heavy atom. The van der Waals surface area contributed by atoms with E-state index in [1.165, 1.54) is 0 Å². The molecule has 0 unspecified atom stereocenters. The molecule has 5 nitrogen and oxygen atoms in total. The molecule has 1 aliphatic heterocycles. The molecule has 1 heterocycles. The summed E-state index contributed by atoms with van der Waals surface area (Å²) < 4.78 is 5.17. The van der Waals surface area contributed by atoms with E-state index >= 15 is 0 Å². The Labute approximate surface area is 89.9 Å². The van der Waals surface area contributed by atoms with E-state index in [0.29, 0.717) is 39.4 Å². The van der Waals surface area contributed by atoms with Crippen LogP contribution in [0, 0.1) is 0 Å². The van der Waals surface area contributed by atoms with Crippen LogP contribution in [0.3, 0.4) is 0 Å². The summed E-state index contributed by atoms with van der Waals surface area (Å²) in [6, 6.07) is -0.0488. The van der Waals surface area contributed by atoms with Gasteiger partial charge in [-0.25, -0.2) is 4.79 Å². The Balaban J connectivity index is 2.48. The number of aliphatic hydroxyl groups is 1. The molecule has 1 saturated heterocycles. The molecule has 0 radical (unpaired) electrons. The van der Waals surface area contributed by atoms with Crippen LogP contribution in [0.4, 0.5) is 4.79 Å². The molecule has 86 valence electrons. The Kier molecular flexibility index (Phi) is 5.14. The summed E-state index contributed by atoms with van der Waals surface area (Å²) >= 11 is 0. The molecule has 0 aromatic rings. The van der Waals surface area contributed by atoms with E-state index in [2.05, 4.69) is 6.58 Å². The monoisotopic (exact) mass is 214 g/mol. The summed E-state index contributed by atoms with van der Waals surface area (Å²) in [7, 11) is 0. The standard InChI is InChI=1S/C10H18N2O3/c1-2-3-11(4-7-13)10(14)12-5-8-15-9-6-12/h2,13H,1,3-9H2. The lowest BCUT2D eigenvalue weighted by Gasteiger charge is -2.32. The summed E-state index contributed by atoms with van der Waals surface area (Å²) in [5.41, 5.74) is 0. The number of rotatable bonds is 4. The van der Waals surface area contributed by atoms with E-state index in [-0.39, 0.29) is 12.6 Å². The smallest absolute Gasteiger partial charge is 0.320 e. The van der Waals surface area contributed by atoms with Gasteiger partial charge < -0.3 is 19.6 Å². The summed E-state index contributed by atoms with van der Waals surface area (Å²) in [6.45, 7) is 6.81. The highest BCUT2D eigenvalue weighted by molar-refractivity contribution is 5.74. The van der Waals surface area contributed by atoms with Gasteiger partial charge in [0, 0.05) is 26.2 Å². The highest BCUT2D eigenvalue weighted by atomic mass is 16.5. The molecule has 0 bridgehead atoms. The van der Waals surface area contributed by atoms with Crippen LogP contribution in [0.2, 0.25) is 0 Å². The Hall–Kier alpha value is -1.07. The molecule has 0 saturated carbocycles. The van der Waals surface area contributed by atoms with Crippen molar-refractivity contribution in [3.05, 3.63) is 12.7 Å². The van der Waals surface area contributed by atoms with Crippen LogP contribution in [0.25, 0.3) is 0 Å². The first-order chi connectivity index (χ1) is 7.29. The average Bonchev–Trinajstić information content (AvgIpc) is 2.29. The summed E-state index contributed by atoms with van der Waals surface area (Å²) in [6.07, 6.45) is 1.66. The highest BCUT2D eigenvalue weighted by Gasteiger charge is 2.21. The second kappa shape index (κ2) is 6.42. The lowest BCUT2D eigenvalue weighted by Crippen LogP contribution is -2.48. The second-order valence-electron chi connectivity index (χ2n) is 3.34. The van der Waals surface area contributed by atoms with E-state index in [1.807, 2.05) is 0 Å². The van der Waals surface area contributed by atoms with Crippen LogP contribution in [-0.4, -0.2) is 66.9 Å². The Morgan fingerprint density at radius 1 is 1.53 bits per heavy atom. The minimum Gasteiger partial charge on any atom is -0.395 e. The van der Waals surface area contributed by atoms with Crippen molar-refractivity contribution in [3.63, 3.8) is 0 Å². The van der Waals surface area contributed by atoms with Gasteiger partial charge in [-0.3, -0.25) is 0 Å². The summed E-state index contributed by atoms with van der Waals surface area (Å²) in [4.78, 5) is 15.2. The molecule has 0 atom stereocenters. The molecular weight excluding hydrogens is 196 g/mol. The van der Waals surface area contributed by atoms with Gasteiger partial charge in [0.25, 0.3) is 0 Å². The van der Waals surface area contributed by atoms with Crippen molar-refractivity contribution >= 4 is 6.03 Å². The van der Waals surface area contributed by atoms with E-state index < -0.39 is 0 Å². The average molecular weight is 214 g/mol. The molecule has 0 aliphatic carbocycles. The topological polar surface area (TPSA) is 53.0 Å². The van der Waals surface area contributed by atoms with E-state index in [4.69, 9.17) is 9.84 Å². The fraction of sp³-hybridized carbons (Fsp3) is 0.700. The lowest BCUT2D eigenvalue weighted by molar-refractivity contribution is 0.0429. The first-order valence-electron chi connectivity index (χ1n) is 5.13. The van der Waals surface area contributed by atoms with E-state index in [1.54, 1.807) is 15.9 Å². The molecule has 2 amide bonds. The normalized spacial score (nSPS) is 16.2. The van der Waals surface area contributed by atoms with Gasteiger partial charge in [0.2, 0.25) is 0 Å². The first kappa shape index (κ1) is 12.0. The largest absolute Gasteiger partial charge is 0.395 e. The third kappa shape index (κ3) is 3.53. The summed E-state index contributed by atoms with van der Waals surface area (Å²) in [5, 5.41) is 8.84. The predicted octanol–water partition coefficient (Wildman–Crippen LogP) is -0.0811. The van der Waals surface area contributed by atoms with Crippen LogP contribution in [-0.2, 0) is 4.74 Å². The van der Waals surface area contributed by atoms with E-state index in [0.717, 1.165) is 0 Å². The third-order valence-electron chi connectivity index (χ3n) is 2.27. The Bertz CT molecular complexity index is 215. The number of amides is 2. The molecule has 1 aliphatic rings. The fourth-order valence-corrected chi connectivity index (χ4v) is 1.50. The first-order valence-corrected chi connectivity index (χ1v) is 5.13. The van der Waals surface area contributed by atoms with Crippen LogP contribution in [0.15, 0.2) is 12.7 Å². The molecule has 0 aromatic heterocycles. The molecule has 1 fully saturated rings. The quantitative estimate of drug-likeness (QED) is 0.666. The Morgan fingerprint density at radius 3 is 2.73 bits per heavy atom. The minimum absolute atomic E-state index is 0.0239. The third-order valence-corrected chi connectivity index (χ3v) is 2.27. The lowest BCUT2D eigenvalue weighted by atomic mass is 10.4. The van der Waals surface area contributed by atoms with Crippen LogP contribution in [0.5, 0.6) is 0 Å². The van der Waals surface area contributed by atoms with Gasteiger partial charge in [-0.1, -0.05) is 6.08 Å². The number of urea groups is 1. The zero-order valence-electron chi connectivity index (χ0n) is 8.89. The number of aliphatic hydroxyl groups excluding tert-OH is 1. The number of hydrogen-bond acceptors (Lipinski definition) is 3. The van der Waals surface area contributed by atoms with Crippen LogP contribution < -0.4 is 0 Å². The molecule has 5 heteroatoms. The van der Waals surface area contributed by atoms with Crippen molar-refractivity contribution in [2.24, 2.45) is 0 Å². The number of ether oxygens (including phenoxy) is 1. The molecule has 0 aromatic carbocycles. The molecule has 1 rings (SSSR count). The van der Waals surface area contributed by atoms with Crippen molar-refractivity contribution in [3.8, 4) is 0 Å². The number of hydrogen-bond donors (Lipinski definition) is 1. The second-order valence-corrected chi connectivity index (χ2v) is 3.34. The van der Waals surface area contributed by atoms with E-state index in [9.17, 15) is 4.79 Å². The predicted molar refractivity (Wildman–Crippen MR) is 56.6 cm³/mol. The van der Waals surface area contributed by atoms with Crippen LogP contribution in [0.1, 0.15) is 0 Å². The number of carbonyl (C=O) groups is 1. The fourth-order valence-electron chi connectivity index (χ4n) is 1.50. The molecular formula is C10H18N2O3. The molecule has 1 N–H and O–H groups in total. The van der Waals surface area contributed by atoms with Crippen molar-refractivity contribution < 1.29 is 14.6 Å². The van der Waals surface area contributed by atoms with Gasteiger partial charge in [0.05, 0.1) is 19.8 Å². The van der Waals surface area contributed by atoms with Gasteiger partial charge in [0.15, 0.2) is 0 Å². The molecule has 0 spiro atoms. The number of carbonyl (C=O) groups excluding carboxylic acids is 1. The van der Waals surface area contributed by atoms with Crippen molar-refractivity contribution in [2.75, 3.05) is 46.0 Å². The zero-order valence-corrected chi connectivity index (χ0v) is 8.89. The summed E-state index contributed by atoms with van der Waals surface area (Å²) in [5.74, 6) is 0. The zero-order chi connectivity index (χ0) is 11.1. The van der Waals surface area contributed by atoms with Gasteiger partial charge in [-0.05, 0) is 0 Å². The maximum Gasteiger partial charge on any atom is 0.320 e. The minimum atomic E-state index is -0.0488. The SMILES string of the molecule is C=CCN(CCO)C(=O)N1CCOCC1. The molecule has 15 heavy (non-hydrogen) atoms. The maximum atomic E-state index is 11.9. The number of nitrogens with zero attached hydrogens (tertiary/aromatic N) is 2. The maximum absolute atomic E-state index is 11.9. The van der Waals surface area contributed by atoms with Gasteiger partial charge >= 0.3 is 6.03 Å². The number of morpholine rings is 1. The van der Waals surface area contributed by atoms with Crippen LogP contribution >= 0.6 is 0 Å². The van der Waals surface area contributed by atoms with Crippen molar-refractivity contribution in [1.29, 1.82) is 0 Å². The van der Waals surface area contributed by atoms with Crippen molar-refractivity contribution in [2.45, 2.75) is 0 Å². The van der Waals surface area contributed by atoms with Crippen molar-refractivity contribution in [1.82, 2.24) is 9.80 Å². The van der Waals surface area contributed by atoms with Gasteiger partial charge in [-0.2, -0.15) is 0 Å². The van der Waals surface area contributed by atoms with Gasteiger partial charge in [-0.15, -0.1) is 6.58 Å². The highest BCUT2D eigenvalue weighted by Crippen LogP contribution is 2.03.